The number of anilines is 3. The molecule has 0 amide bonds. The van der Waals surface area contributed by atoms with E-state index in [4.69, 9.17) is 16.7 Å². The van der Waals surface area contributed by atoms with Crippen LogP contribution in [0.1, 0.15) is 5.56 Å². The van der Waals surface area contributed by atoms with Gasteiger partial charge in [0.05, 0.1) is 17.1 Å². The zero-order chi connectivity index (χ0) is 8.43. The monoisotopic (exact) mass is 153 g/mol. The van der Waals surface area contributed by atoms with E-state index in [1.54, 1.807) is 12.1 Å². The van der Waals surface area contributed by atoms with Gasteiger partial charge in [0.25, 0.3) is 0 Å². The van der Waals surface area contributed by atoms with Gasteiger partial charge in [-0.05, 0) is 18.6 Å². The first-order valence-electron chi connectivity index (χ1n) is 3.21. The fraction of sp³-hybridized carbons (Fsp3) is 0.143. The van der Waals surface area contributed by atoms with Gasteiger partial charge >= 0.3 is 0 Å². The number of hydrogen-bond acceptors (Lipinski definition) is 4. The minimum atomic E-state index is 0.382. The van der Waals surface area contributed by atoms with E-state index >= 15 is 0 Å². The summed E-state index contributed by atoms with van der Waals surface area (Å²) in [6, 6.07) is 3.48. The van der Waals surface area contributed by atoms with Crippen LogP contribution in [0.5, 0.6) is 0 Å². The number of benzene rings is 1. The van der Waals surface area contributed by atoms with Crippen LogP contribution in [0.2, 0.25) is 0 Å². The lowest BCUT2D eigenvalue weighted by Crippen LogP contribution is -2.02. The molecule has 0 aromatic heterocycles. The summed E-state index contributed by atoms with van der Waals surface area (Å²) in [4.78, 5) is 0. The van der Waals surface area contributed by atoms with Crippen molar-refractivity contribution in [2.24, 2.45) is 0 Å². The molecule has 60 valence electrons. The minimum absolute atomic E-state index is 0.382. The summed E-state index contributed by atoms with van der Waals surface area (Å²) in [5.74, 6) is 0. The maximum atomic E-state index is 8.64. The molecular formula is C7H11N3O. The van der Waals surface area contributed by atoms with Crippen molar-refractivity contribution in [3.8, 4) is 0 Å². The highest BCUT2D eigenvalue weighted by molar-refractivity contribution is 5.80. The molecule has 1 aromatic rings. The molecule has 4 heteroatoms. The van der Waals surface area contributed by atoms with Crippen molar-refractivity contribution in [1.82, 2.24) is 0 Å². The van der Waals surface area contributed by atoms with Crippen LogP contribution >= 0.6 is 0 Å². The molecule has 0 radical (unpaired) electrons. The zero-order valence-electron chi connectivity index (χ0n) is 6.26. The number of nitrogens with one attached hydrogen (secondary N) is 1. The summed E-state index contributed by atoms with van der Waals surface area (Å²) in [5, 5.41) is 8.64. The van der Waals surface area contributed by atoms with Crippen LogP contribution in [0.25, 0.3) is 0 Å². The number of nitrogens with two attached hydrogens (primary N) is 2. The minimum Gasteiger partial charge on any atom is -0.397 e. The van der Waals surface area contributed by atoms with Crippen LogP contribution in [-0.2, 0) is 0 Å². The molecule has 0 aliphatic carbocycles. The zero-order valence-corrected chi connectivity index (χ0v) is 6.26. The Bertz CT molecular complexity index is 273. The van der Waals surface area contributed by atoms with Gasteiger partial charge in [-0.2, -0.15) is 0 Å². The first-order chi connectivity index (χ1) is 5.16. The maximum Gasteiger partial charge on any atom is 0.0881 e. The lowest BCUT2D eigenvalue weighted by molar-refractivity contribution is 0.389. The second-order valence-electron chi connectivity index (χ2n) is 2.37. The second-order valence-corrected chi connectivity index (χ2v) is 2.37. The Hall–Kier alpha value is -1.42. The van der Waals surface area contributed by atoms with Crippen LogP contribution in [0.15, 0.2) is 12.1 Å². The number of nitrogen functional groups attached to an aromatic ring is 2. The van der Waals surface area contributed by atoms with Gasteiger partial charge in [-0.1, -0.05) is 6.07 Å². The smallest absolute Gasteiger partial charge is 0.0881 e. The topological polar surface area (TPSA) is 84.3 Å². The van der Waals surface area contributed by atoms with Gasteiger partial charge in [0.2, 0.25) is 0 Å². The normalized spacial score (nSPS) is 9.64. The van der Waals surface area contributed by atoms with Crippen LogP contribution in [-0.4, -0.2) is 5.21 Å². The Labute approximate surface area is 64.8 Å². The van der Waals surface area contributed by atoms with E-state index in [1.807, 2.05) is 12.4 Å². The molecular weight excluding hydrogens is 142 g/mol. The van der Waals surface area contributed by atoms with E-state index in [0.717, 1.165) is 5.56 Å². The number of aryl methyl sites for hydroxylation is 1. The van der Waals surface area contributed by atoms with Gasteiger partial charge in [-0.15, -0.1) is 0 Å². The molecule has 0 unspecified atom stereocenters. The first kappa shape index (κ1) is 7.68. The third-order valence-corrected chi connectivity index (χ3v) is 1.60. The van der Waals surface area contributed by atoms with E-state index in [1.165, 1.54) is 0 Å². The fourth-order valence-corrected chi connectivity index (χ4v) is 0.893. The van der Waals surface area contributed by atoms with Crippen LogP contribution in [0, 0.1) is 6.92 Å². The predicted molar refractivity (Wildman–Crippen MR) is 45.4 cm³/mol. The molecule has 6 N–H and O–H groups in total. The molecule has 0 heterocycles. The van der Waals surface area contributed by atoms with Crippen molar-refractivity contribution < 1.29 is 5.21 Å². The van der Waals surface area contributed by atoms with Crippen molar-refractivity contribution in [3.05, 3.63) is 17.7 Å². The average Bonchev–Trinajstić information content (AvgIpc) is 1.99. The lowest BCUT2D eigenvalue weighted by Gasteiger charge is -2.08. The van der Waals surface area contributed by atoms with E-state index in [-0.39, 0.29) is 0 Å². The highest BCUT2D eigenvalue weighted by Gasteiger charge is 2.03. The van der Waals surface area contributed by atoms with Crippen molar-refractivity contribution in [3.63, 3.8) is 0 Å². The quantitative estimate of drug-likeness (QED) is 0.357. The Balaban J connectivity index is 3.29. The molecule has 1 aromatic carbocycles. The molecule has 0 spiro atoms. The number of hydrogen-bond donors (Lipinski definition) is 4. The second kappa shape index (κ2) is 2.67. The van der Waals surface area contributed by atoms with Gasteiger partial charge in [0, 0.05) is 0 Å². The van der Waals surface area contributed by atoms with Gasteiger partial charge in [0.15, 0.2) is 0 Å². The van der Waals surface area contributed by atoms with E-state index in [9.17, 15) is 0 Å². The van der Waals surface area contributed by atoms with Crippen molar-refractivity contribution in [2.45, 2.75) is 6.92 Å². The van der Waals surface area contributed by atoms with Gasteiger partial charge < -0.3 is 11.5 Å². The third-order valence-electron chi connectivity index (χ3n) is 1.60. The molecule has 0 atom stereocenters. The summed E-state index contributed by atoms with van der Waals surface area (Å²) < 4.78 is 0. The average molecular weight is 153 g/mol. The Morgan fingerprint density at radius 2 is 2.00 bits per heavy atom. The Kier molecular flexibility index (Phi) is 1.87. The summed E-state index contributed by atoms with van der Waals surface area (Å²) >= 11 is 0. The fourth-order valence-electron chi connectivity index (χ4n) is 0.893. The Morgan fingerprint density at radius 1 is 1.36 bits per heavy atom. The maximum absolute atomic E-state index is 8.64. The van der Waals surface area contributed by atoms with Crippen molar-refractivity contribution >= 4 is 17.1 Å². The van der Waals surface area contributed by atoms with Crippen LogP contribution < -0.4 is 16.9 Å². The van der Waals surface area contributed by atoms with E-state index < -0.39 is 0 Å². The molecule has 4 nitrogen and oxygen atoms in total. The molecule has 0 saturated heterocycles. The molecule has 0 bridgehead atoms. The molecule has 0 saturated carbocycles. The van der Waals surface area contributed by atoms with Gasteiger partial charge in [-0.3, -0.25) is 10.7 Å². The van der Waals surface area contributed by atoms with Crippen LogP contribution in [0.3, 0.4) is 0 Å². The summed E-state index contributed by atoms with van der Waals surface area (Å²) in [6.07, 6.45) is 0. The molecule has 1 rings (SSSR count). The molecule has 0 aliphatic heterocycles. The summed E-state index contributed by atoms with van der Waals surface area (Å²) in [7, 11) is 0. The highest BCUT2D eigenvalue weighted by Crippen LogP contribution is 2.27. The van der Waals surface area contributed by atoms with Crippen molar-refractivity contribution in [1.29, 1.82) is 0 Å². The van der Waals surface area contributed by atoms with E-state index in [2.05, 4.69) is 0 Å². The summed E-state index contributed by atoms with van der Waals surface area (Å²) in [6.45, 7) is 1.83. The SMILES string of the molecule is Cc1ccc(N)c(N)c1NO. The largest absolute Gasteiger partial charge is 0.397 e. The number of rotatable bonds is 1. The third kappa shape index (κ3) is 1.20. The molecule has 11 heavy (non-hydrogen) atoms. The molecule has 0 aliphatic rings. The first-order valence-corrected chi connectivity index (χ1v) is 3.21. The highest BCUT2D eigenvalue weighted by atomic mass is 16.5. The van der Waals surface area contributed by atoms with E-state index in [0.29, 0.717) is 17.1 Å². The molecule has 0 fully saturated rings. The van der Waals surface area contributed by atoms with Crippen LogP contribution in [0.4, 0.5) is 17.1 Å². The van der Waals surface area contributed by atoms with Gasteiger partial charge in [0.1, 0.15) is 0 Å². The van der Waals surface area contributed by atoms with Crippen molar-refractivity contribution in [2.75, 3.05) is 16.9 Å². The Morgan fingerprint density at radius 3 is 2.45 bits per heavy atom. The summed E-state index contributed by atoms with van der Waals surface area (Å²) in [5.41, 5.74) is 15.2. The van der Waals surface area contributed by atoms with Gasteiger partial charge in [-0.25, -0.2) is 0 Å². The lowest BCUT2D eigenvalue weighted by atomic mass is 10.1. The predicted octanol–water partition coefficient (Wildman–Crippen LogP) is 0.961. The standard InChI is InChI=1S/C7H11N3O/c1-4-2-3-5(8)6(9)7(4)10-11/h2-3,10-11H,8-9H2,1H3.